The second-order valence-electron chi connectivity index (χ2n) is 3.30. The molecule has 6 nitrogen and oxygen atoms in total. The molecule has 0 saturated carbocycles. The van der Waals surface area contributed by atoms with Gasteiger partial charge < -0.3 is 0 Å². The summed E-state index contributed by atoms with van der Waals surface area (Å²) in [6, 6.07) is 0. The maximum atomic E-state index is 12.0. The number of ketones is 1. The number of hydrogen-bond donors (Lipinski definition) is 0. The number of rotatable bonds is 4. The van der Waals surface area contributed by atoms with E-state index in [1.807, 2.05) is 6.92 Å². The molecule has 0 fully saturated rings. The van der Waals surface area contributed by atoms with Crippen molar-refractivity contribution in [2.75, 3.05) is 0 Å². The van der Waals surface area contributed by atoms with Crippen LogP contribution in [0.4, 0.5) is 0 Å². The van der Waals surface area contributed by atoms with E-state index in [0.29, 0.717) is 17.8 Å². The lowest BCUT2D eigenvalue weighted by atomic mass is 10.2. The number of hydrogen-bond acceptors (Lipinski definition) is 5. The molecule has 0 amide bonds. The molecule has 6 heteroatoms. The first-order valence-corrected chi connectivity index (χ1v) is 5.01. The van der Waals surface area contributed by atoms with Crippen molar-refractivity contribution in [3.63, 3.8) is 0 Å². The first-order chi connectivity index (χ1) is 7.83. The number of aromatic nitrogens is 5. The number of aryl methyl sites for hydroxylation is 1. The molecular formula is C10H11N5O. The Balaban J connectivity index is 2.31. The molecule has 0 aliphatic rings. The Hall–Kier alpha value is -2.11. The lowest BCUT2D eigenvalue weighted by molar-refractivity contribution is 0.102. The topological polar surface area (TPSA) is 73.6 Å². The molecule has 0 aliphatic carbocycles. The third-order valence-electron chi connectivity index (χ3n) is 2.11. The zero-order chi connectivity index (χ0) is 11.4. The highest BCUT2D eigenvalue weighted by molar-refractivity contribution is 6.07. The minimum atomic E-state index is -0.154. The van der Waals surface area contributed by atoms with E-state index in [0.717, 1.165) is 6.42 Å². The SMILES string of the molecule is CCCn1nncc1C(=O)c1cncnc1. The van der Waals surface area contributed by atoms with E-state index in [9.17, 15) is 4.79 Å². The second kappa shape index (κ2) is 4.61. The van der Waals surface area contributed by atoms with Crippen LogP contribution in [0.1, 0.15) is 29.4 Å². The van der Waals surface area contributed by atoms with Gasteiger partial charge in [-0.1, -0.05) is 12.1 Å². The van der Waals surface area contributed by atoms with Gasteiger partial charge in [0.25, 0.3) is 0 Å². The lowest BCUT2D eigenvalue weighted by Gasteiger charge is -2.02. The minimum absolute atomic E-state index is 0.154. The predicted octanol–water partition coefficient (Wildman–Crippen LogP) is 0.709. The molecule has 0 bridgehead atoms. The summed E-state index contributed by atoms with van der Waals surface area (Å²) in [5.41, 5.74) is 0.916. The van der Waals surface area contributed by atoms with E-state index >= 15 is 0 Å². The lowest BCUT2D eigenvalue weighted by Crippen LogP contribution is -2.11. The van der Waals surface area contributed by atoms with Gasteiger partial charge in [-0.2, -0.15) is 0 Å². The van der Waals surface area contributed by atoms with Crippen molar-refractivity contribution in [3.8, 4) is 0 Å². The van der Waals surface area contributed by atoms with Crippen molar-refractivity contribution >= 4 is 5.78 Å². The van der Waals surface area contributed by atoms with E-state index in [1.165, 1.54) is 24.9 Å². The molecule has 0 unspecified atom stereocenters. The van der Waals surface area contributed by atoms with Crippen molar-refractivity contribution in [3.05, 3.63) is 36.2 Å². The van der Waals surface area contributed by atoms with Crippen molar-refractivity contribution < 1.29 is 4.79 Å². The highest BCUT2D eigenvalue weighted by atomic mass is 16.1. The van der Waals surface area contributed by atoms with Crippen LogP contribution in [0.2, 0.25) is 0 Å². The molecule has 2 aromatic rings. The summed E-state index contributed by atoms with van der Waals surface area (Å²) >= 11 is 0. The van der Waals surface area contributed by atoms with E-state index in [4.69, 9.17) is 0 Å². The van der Waals surface area contributed by atoms with Gasteiger partial charge in [-0.25, -0.2) is 14.6 Å². The van der Waals surface area contributed by atoms with Crippen LogP contribution in [0.3, 0.4) is 0 Å². The van der Waals surface area contributed by atoms with E-state index in [-0.39, 0.29) is 5.78 Å². The highest BCUT2D eigenvalue weighted by Crippen LogP contribution is 2.06. The Kier molecular flexibility index (Phi) is 3.00. The number of nitrogens with zero attached hydrogens (tertiary/aromatic N) is 5. The second-order valence-corrected chi connectivity index (χ2v) is 3.30. The van der Waals surface area contributed by atoms with E-state index < -0.39 is 0 Å². The van der Waals surface area contributed by atoms with Gasteiger partial charge in [-0.05, 0) is 6.42 Å². The summed E-state index contributed by atoms with van der Waals surface area (Å²) in [6.07, 6.45) is 6.72. The molecule has 0 aliphatic heterocycles. The highest BCUT2D eigenvalue weighted by Gasteiger charge is 2.15. The molecule has 2 heterocycles. The normalized spacial score (nSPS) is 10.3. The van der Waals surface area contributed by atoms with Gasteiger partial charge in [0.05, 0.1) is 11.8 Å². The first-order valence-electron chi connectivity index (χ1n) is 5.01. The molecule has 0 saturated heterocycles. The molecule has 16 heavy (non-hydrogen) atoms. The van der Waals surface area contributed by atoms with Crippen molar-refractivity contribution in [1.29, 1.82) is 0 Å². The fourth-order valence-corrected chi connectivity index (χ4v) is 1.37. The molecular weight excluding hydrogens is 206 g/mol. The van der Waals surface area contributed by atoms with Gasteiger partial charge in [-0.15, -0.1) is 5.10 Å². The zero-order valence-corrected chi connectivity index (χ0v) is 8.87. The Bertz CT molecular complexity index is 479. The zero-order valence-electron chi connectivity index (χ0n) is 8.87. The Morgan fingerprint density at radius 1 is 1.31 bits per heavy atom. The van der Waals surface area contributed by atoms with Gasteiger partial charge in [0.2, 0.25) is 5.78 Å². The van der Waals surface area contributed by atoms with Gasteiger partial charge in [0.1, 0.15) is 12.0 Å². The van der Waals surface area contributed by atoms with E-state index in [1.54, 1.807) is 4.68 Å². The maximum Gasteiger partial charge on any atom is 0.215 e. The van der Waals surface area contributed by atoms with Gasteiger partial charge in [0, 0.05) is 18.9 Å². The summed E-state index contributed by atoms with van der Waals surface area (Å²) in [7, 11) is 0. The quantitative estimate of drug-likeness (QED) is 0.705. The van der Waals surface area contributed by atoms with Crippen LogP contribution >= 0.6 is 0 Å². The fraction of sp³-hybridized carbons (Fsp3) is 0.300. The van der Waals surface area contributed by atoms with Crippen LogP contribution in [0, 0.1) is 0 Å². The maximum absolute atomic E-state index is 12.0. The van der Waals surface area contributed by atoms with Crippen LogP contribution < -0.4 is 0 Å². The molecule has 2 rings (SSSR count). The smallest absolute Gasteiger partial charge is 0.215 e. The Labute approximate surface area is 92.3 Å². The average molecular weight is 217 g/mol. The summed E-state index contributed by atoms with van der Waals surface area (Å²) < 4.78 is 1.59. The average Bonchev–Trinajstić information content (AvgIpc) is 2.78. The van der Waals surface area contributed by atoms with Gasteiger partial charge in [0.15, 0.2) is 0 Å². The summed E-state index contributed by atoms with van der Waals surface area (Å²) in [6.45, 7) is 2.69. The van der Waals surface area contributed by atoms with Crippen LogP contribution in [0.25, 0.3) is 0 Å². The van der Waals surface area contributed by atoms with Gasteiger partial charge in [-0.3, -0.25) is 4.79 Å². The number of carbonyl (C=O) groups is 1. The van der Waals surface area contributed by atoms with Crippen LogP contribution in [0.15, 0.2) is 24.9 Å². The minimum Gasteiger partial charge on any atom is -0.287 e. The predicted molar refractivity (Wildman–Crippen MR) is 55.8 cm³/mol. The first kappa shape index (κ1) is 10.4. The molecule has 0 atom stereocenters. The molecule has 82 valence electrons. The largest absolute Gasteiger partial charge is 0.287 e. The van der Waals surface area contributed by atoms with Crippen molar-refractivity contribution in [2.24, 2.45) is 0 Å². The summed E-state index contributed by atoms with van der Waals surface area (Å²) in [5, 5.41) is 7.60. The molecule has 0 aromatic carbocycles. The third-order valence-corrected chi connectivity index (χ3v) is 2.11. The third kappa shape index (κ3) is 1.95. The van der Waals surface area contributed by atoms with Crippen LogP contribution in [0.5, 0.6) is 0 Å². The Morgan fingerprint density at radius 3 is 2.75 bits per heavy atom. The summed E-state index contributed by atoms with van der Waals surface area (Å²) in [5.74, 6) is -0.154. The Morgan fingerprint density at radius 2 is 2.06 bits per heavy atom. The molecule has 0 radical (unpaired) electrons. The monoisotopic (exact) mass is 217 g/mol. The van der Waals surface area contributed by atoms with Crippen molar-refractivity contribution in [1.82, 2.24) is 25.0 Å². The molecule has 2 aromatic heterocycles. The standard InChI is InChI=1S/C10H11N5O/c1-2-3-15-9(6-13-14-15)10(16)8-4-11-7-12-5-8/h4-7H,2-3H2,1H3. The summed E-state index contributed by atoms with van der Waals surface area (Å²) in [4.78, 5) is 19.6. The molecule has 0 N–H and O–H groups in total. The molecule has 0 spiro atoms. The number of carbonyl (C=O) groups excluding carboxylic acids is 1. The van der Waals surface area contributed by atoms with Crippen LogP contribution in [-0.4, -0.2) is 30.7 Å². The van der Waals surface area contributed by atoms with E-state index in [2.05, 4.69) is 20.3 Å². The fourth-order valence-electron chi connectivity index (χ4n) is 1.37. The van der Waals surface area contributed by atoms with Gasteiger partial charge >= 0.3 is 0 Å². The van der Waals surface area contributed by atoms with Crippen LogP contribution in [-0.2, 0) is 6.54 Å². The van der Waals surface area contributed by atoms with Crippen molar-refractivity contribution in [2.45, 2.75) is 19.9 Å².